The molecule has 0 heterocycles. The van der Waals surface area contributed by atoms with Crippen molar-refractivity contribution in [2.75, 3.05) is 5.32 Å². The van der Waals surface area contributed by atoms with E-state index in [2.05, 4.69) is 5.32 Å². The van der Waals surface area contributed by atoms with Gasteiger partial charge in [-0.15, -0.1) is 0 Å². The fourth-order valence-corrected chi connectivity index (χ4v) is 2.59. The number of carbonyl (C=O) groups excluding carboxylic acids is 1. The third kappa shape index (κ3) is 3.05. The Morgan fingerprint density at radius 2 is 1.82 bits per heavy atom. The zero-order valence-corrected chi connectivity index (χ0v) is 12.5. The van der Waals surface area contributed by atoms with E-state index in [1.165, 1.54) is 12.1 Å². The van der Waals surface area contributed by atoms with Crippen molar-refractivity contribution in [3.63, 3.8) is 0 Å². The van der Waals surface area contributed by atoms with E-state index in [1.807, 2.05) is 42.5 Å². The van der Waals surface area contributed by atoms with Gasteiger partial charge in [-0.2, -0.15) is 0 Å². The van der Waals surface area contributed by atoms with Crippen molar-refractivity contribution in [2.45, 2.75) is 6.42 Å². The molecule has 3 aromatic rings. The number of benzene rings is 3. The lowest BCUT2D eigenvalue weighted by Gasteiger charge is -2.09. The van der Waals surface area contributed by atoms with Crippen LogP contribution in [0.5, 0.6) is 5.75 Å². The maximum atomic E-state index is 12.2. The molecular formula is C18H14ClNO2. The number of amides is 1. The summed E-state index contributed by atoms with van der Waals surface area (Å²) in [6.45, 7) is 0. The van der Waals surface area contributed by atoms with E-state index >= 15 is 0 Å². The van der Waals surface area contributed by atoms with Crippen LogP contribution in [0.25, 0.3) is 10.8 Å². The van der Waals surface area contributed by atoms with Crippen molar-refractivity contribution < 1.29 is 9.90 Å². The smallest absolute Gasteiger partial charge is 0.228 e. The second kappa shape index (κ2) is 6.08. The molecule has 0 saturated carbocycles. The molecule has 0 aliphatic rings. The minimum Gasteiger partial charge on any atom is -0.506 e. The van der Waals surface area contributed by atoms with Crippen LogP contribution in [0.1, 0.15) is 5.56 Å². The molecule has 0 saturated heterocycles. The van der Waals surface area contributed by atoms with Crippen LogP contribution in [-0.4, -0.2) is 11.0 Å². The molecule has 0 atom stereocenters. The molecule has 110 valence electrons. The first-order valence-electron chi connectivity index (χ1n) is 6.88. The molecule has 0 aliphatic carbocycles. The van der Waals surface area contributed by atoms with Gasteiger partial charge >= 0.3 is 0 Å². The average Bonchev–Trinajstić information content (AvgIpc) is 2.51. The molecule has 0 radical (unpaired) electrons. The minimum atomic E-state index is -0.200. The molecule has 2 N–H and O–H groups in total. The summed E-state index contributed by atoms with van der Waals surface area (Å²) in [6, 6.07) is 18.4. The number of phenolic OH excluding ortho intramolecular Hbond substituents is 1. The van der Waals surface area contributed by atoms with E-state index in [9.17, 15) is 9.90 Å². The van der Waals surface area contributed by atoms with Crippen molar-refractivity contribution in [3.8, 4) is 5.75 Å². The highest BCUT2D eigenvalue weighted by Gasteiger charge is 2.10. The fraction of sp³-hybridized carbons (Fsp3) is 0.0556. The van der Waals surface area contributed by atoms with Crippen LogP contribution in [-0.2, 0) is 11.2 Å². The second-order valence-corrected chi connectivity index (χ2v) is 5.46. The summed E-state index contributed by atoms with van der Waals surface area (Å²) < 4.78 is 0. The maximum absolute atomic E-state index is 12.2. The molecule has 3 rings (SSSR count). The number of aromatic hydroxyl groups is 1. The van der Waals surface area contributed by atoms with Gasteiger partial charge in [0.25, 0.3) is 0 Å². The lowest BCUT2D eigenvalue weighted by atomic mass is 10.0. The molecule has 3 aromatic carbocycles. The largest absolute Gasteiger partial charge is 0.506 e. The topological polar surface area (TPSA) is 49.3 Å². The number of nitrogens with one attached hydrogen (secondary N) is 1. The standard InChI is InChI=1S/C18H14ClNO2/c19-14-8-9-17(21)16(11-14)20-18(22)10-13-6-3-5-12-4-1-2-7-15(12)13/h1-9,11,21H,10H2,(H,20,22). The summed E-state index contributed by atoms with van der Waals surface area (Å²) in [5, 5.41) is 15.0. The van der Waals surface area contributed by atoms with Crippen LogP contribution in [0.2, 0.25) is 5.02 Å². The maximum Gasteiger partial charge on any atom is 0.228 e. The molecule has 1 amide bonds. The highest BCUT2D eigenvalue weighted by molar-refractivity contribution is 6.31. The van der Waals surface area contributed by atoms with Gasteiger partial charge in [-0.3, -0.25) is 4.79 Å². The van der Waals surface area contributed by atoms with Crippen molar-refractivity contribution >= 4 is 34.0 Å². The first-order valence-corrected chi connectivity index (χ1v) is 7.26. The van der Waals surface area contributed by atoms with E-state index in [0.717, 1.165) is 16.3 Å². The predicted molar refractivity (Wildman–Crippen MR) is 89.4 cm³/mol. The van der Waals surface area contributed by atoms with Gasteiger partial charge in [0.2, 0.25) is 5.91 Å². The Bertz CT molecular complexity index is 840. The SMILES string of the molecule is O=C(Cc1cccc2ccccc12)Nc1cc(Cl)ccc1O. The van der Waals surface area contributed by atoms with Gasteiger partial charge < -0.3 is 10.4 Å². The van der Waals surface area contributed by atoms with Gasteiger partial charge in [-0.05, 0) is 34.5 Å². The molecule has 0 unspecified atom stereocenters. The van der Waals surface area contributed by atoms with Crippen molar-refractivity contribution in [2.24, 2.45) is 0 Å². The van der Waals surface area contributed by atoms with Crippen LogP contribution in [0.4, 0.5) is 5.69 Å². The zero-order valence-electron chi connectivity index (χ0n) is 11.7. The molecule has 0 fully saturated rings. The van der Waals surface area contributed by atoms with Crippen LogP contribution >= 0.6 is 11.6 Å². The lowest BCUT2D eigenvalue weighted by molar-refractivity contribution is -0.115. The number of hydrogen-bond donors (Lipinski definition) is 2. The summed E-state index contributed by atoms with van der Waals surface area (Å²) >= 11 is 5.88. The van der Waals surface area contributed by atoms with E-state index in [-0.39, 0.29) is 18.1 Å². The number of halogens is 1. The van der Waals surface area contributed by atoms with Gasteiger partial charge in [0.15, 0.2) is 0 Å². The van der Waals surface area contributed by atoms with Gasteiger partial charge in [0.1, 0.15) is 5.75 Å². The Morgan fingerprint density at radius 1 is 1.05 bits per heavy atom. The Hall–Kier alpha value is -2.52. The van der Waals surface area contributed by atoms with E-state index in [4.69, 9.17) is 11.6 Å². The molecule has 0 bridgehead atoms. The van der Waals surface area contributed by atoms with Gasteiger partial charge in [0.05, 0.1) is 12.1 Å². The van der Waals surface area contributed by atoms with Gasteiger partial charge in [-0.1, -0.05) is 54.1 Å². The van der Waals surface area contributed by atoms with Gasteiger partial charge in [0, 0.05) is 5.02 Å². The van der Waals surface area contributed by atoms with Crippen LogP contribution in [0, 0.1) is 0 Å². The quantitative estimate of drug-likeness (QED) is 0.705. The van der Waals surface area contributed by atoms with E-state index in [1.54, 1.807) is 6.07 Å². The summed E-state index contributed by atoms with van der Waals surface area (Å²) in [4.78, 5) is 12.2. The number of hydrogen-bond acceptors (Lipinski definition) is 2. The lowest BCUT2D eigenvalue weighted by Crippen LogP contribution is -2.14. The monoisotopic (exact) mass is 311 g/mol. The highest BCUT2D eigenvalue weighted by atomic mass is 35.5. The Kier molecular flexibility index (Phi) is 3.98. The number of anilines is 1. The highest BCUT2D eigenvalue weighted by Crippen LogP contribution is 2.27. The number of fused-ring (bicyclic) bond motifs is 1. The number of phenols is 1. The number of carbonyl (C=O) groups is 1. The predicted octanol–water partition coefficient (Wildman–Crippen LogP) is 4.38. The van der Waals surface area contributed by atoms with E-state index < -0.39 is 0 Å². The third-order valence-corrected chi connectivity index (χ3v) is 3.70. The zero-order chi connectivity index (χ0) is 15.5. The Balaban J connectivity index is 1.83. The number of rotatable bonds is 3. The van der Waals surface area contributed by atoms with Crippen molar-refractivity contribution in [1.29, 1.82) is 0 Å². The van der Waals surface area contributed by atoms with Crippen LogP contribution < -0.4 is 5.32 Å². The fourth-order valence-electron chi connectivity index (χ4n) is 2.42. The van der Waals surface area contributed by atoms with E-state index in [0.29, 0.717) is 10.7 Å². The van der Waals surface area contributed by atoms with Crippen molar-refractivity contribution in [3.05, 3.63) is 71.2 Å². The molecule has 4 heteroatoms. The summed E-state index contributed by atoms with van der Waals surface area (Å²) in [5.41, 5.74) is 1.26. The van der Waals surface area contributed by atoms with Crippen molar-refractivity contribution in [1.82, 2.24) is 0 Å². The summed E-state index contributed by atoms with van der Waals surface area (Å²) in [5.74, 6) is -0.204. The van der Waals surface area contributed by atoms with Crippen LogP contribution in [0.15, 0.2) is 60.7 Å². The normalized spacial score (nSPS) is 10.6. The molecule has 22 heavy (non-hydrogen) atoms. The molecular weight excluding hydrogens is 298 g/mol. The first kappa shape index (κ1) is 14.4. The van der Waals surface area contributed by atoms with Gasteiger partial charge in [-0.25, -0.2) is 0 Å². The third-order valence-electron chi connectivity index (χ3n) is 3.46. The average molecular weight is 312 g/mol. The molecule has 0 aromatic heterocycles. The molecule has 0 spiro atoms. The Morgan fingerprint density at radius 3 is 2.68 bits per heavy atom. The van der Waals surface area contributed by atoms with Crippen LogP contribution in [0.3, 0.4) is 0 Å². The molecule has 3 nitrogen and oxygen atoms in total. The molecule has 0 aliphatic heterocycles. The summed E-state index contributed by atoms with van der Waals surface area (Å²) in [7, 11) is 0. The minimum absolute atomic E-state index is 0.00401. The first-order chi connectivity index (χ1) is 10.6. The second-order valence-electron chi connectivity index (χ2n) is 5.02. The Labute approximate surface area is 133 Å². The summed E-state index contributed by atoms with van der Waals surface area (Å²) in [6.07, 6.45) is 0.229.